The second kappa shape index (κ2) is 5.38. The minimum absolute atomic E-state index is 0.160. The number of nitrogens with zero attached hydrogens (tertiary/aromatic N) is 1. The summed E-state index contributed by atoms with van der Waals surface area (Å²) in [6.45, 7) is 0. The fraction of sp³-hybridized carbons (Fsp3) is 0.467. The summed E-state index contributed by atoms with van der Waals surface area (Å²) in [5, 5.41) is 5.67. The molecule has 0 saturated heterocycles. The maximum atomic E-state index is 12.4. The number of carbonyl (C=O) groups excluding carboxylic acids is 1. The van der Waals surface area contributed by atoms with Gasteiger partial charge in [-0.15, -0.1) is 22.7 Å². The maximum absolute atomic E-state index is 12.4. The third-order valence-electron chi connectivity index (χ3n) is 4.63. The Balaban J connectivity index is 1.45. The first kappa shape index (κ1) is 13.7. The van der Waals surface area contributed by atoms with E-state index in [-0.39, 0.29) is 11.8 Å². The van der Waals surface area contributed by atoms with Gasteiger partial charge in [-0.1, -0.05) is 18.0 Å². The van der Waals surface area contributed by atoms with Crippen LogP contribution >= 0.6 is 34.3 Å². The van der Waals surface area contributed by atoms with Gasteiger partial charge in [0.05, 0.1) is 14.9 Å². The number of nitrogens with one attached hydrogen (secondary N) is 1. The third-order valence-corrected chi connectivity index (χ3v) is 6.65. The Hall–Kier alpha value is -0.910. The predicted molar refractivity (Wildman–Crippen MR) is 88.0 cm³/mol. The standard InChI is InChI=1S/C15H15ClN2OS2/c16-13-4-3-12(21-13)11-7-20-15(17-11)18-14(19)10-6-8-1-2-9(10)5-8/h3-4,7-10H,1-2,5-6H2,(H,17,18,19). The lowest BCUT2D eigenvalue weighted by atomic mass is 9.88. The van der Waals surface area contributed by atoms with Gasteiger partial charge in [0.2, 0.25) is 5.91 Å². The minimum Gasteiger partial charge on any atom is -0.302 e. The Morgan fingerprint density at radius 1 is 1.33 bits per heavy atom. The van der Waals surface area contributed by atoms with Gasteiger partial charge in [-0.05, 0) is 43.2 Å². The highest BCUT2D eigenvalue weighted by Crippen LogP contribution is 2.48. The molecule has 0 spiro atoms. The number of amides is 1. The Labute approximate surface area is 136 Å². The molecule has 0 radical (unpaired) electrons. The number of thiazole rings is 1. The number of hydrogen-bond acceptors (Lipinski definition) is 4. The minimum atomic E-state index is 0.160. The van der Waals surface area contributed by atoms with Crippen molar-refractivity contribution >= 4 is 45.3 Å². The molecule has 2 aromatic rings. The molecule has 2 saturated carbocycles. The number of hydrogen-bond donors (Lipinski definition) is 1. The van der Waals surface area contributed by atoms with E-state index in [4.69, 9.17) is 11.6 Å². The quantitative estimate of drug-likeness (QED) is 0.864. The van der Waals surface area contributed by atoms with Gasteiger partial charge in [-0.25, -0.2) is 4.98 Å². The molecule has 3 unspecified atom stereocenters. The highest BCUT2D eigenvalue weighted by Gasteiger charge is 2.43. The second-order valence-corrected chi connectivity index (χ2v) is 8.49. The smallest absolute Gasteiger partial charge is 0.229 e. The average molecular weight is 339 g/mol. The fourth-order valence-corrected chi connectivity index (χ4v) is 5.45. The molecule has 3 atom stereocenters. The van der Waals surface area contributed by atoms with Crippen LogP contribution in [0.25, 0.3) is 10.6 Å². The van der Waals surface area contributed by atoms with Crippen molar-refractivity contribution in [1.82, 2.24) is 4.98 Å². The van der Waals surface area contributed by atoms with Gasteiger partial charge in [-0.3, -0.25) is 4.79 Å². The monoisotopic (exact) mass is 338 g/mol. The van der Waals surface area contributed by atoms with Crippen molar-refractivity contribution in [3.63, 3.8) is 0 Å². The van der Waals surface area contributed by atoms with Crippen molar-refractivity contribution in [3.05, 3.63) is 21.8 Å². The largest absolute Gasteiger partial charge is 0.302 e. The zero-order valence-corrected chi connectivity index (χ0v) is 13.7. The molecule has 0 aliphatic heterocycles. The first-order valence-corrected chi connectivity index (χ1v) is 9.28. The van der Waals surface area contributed by atoms with Crippen molar-refractivity contribution in [3.8, 4) is 10.6 Å². The van der Waals surface area contributed by atoms with Crippen LogP contribution in [-0.4, -0.2) is 10.9 Å². The lowest BCUT2D eigenvalue weighted by Crippen LogP contribution is -2.27. The van der Waals surface area contributed by atoms with E-state index in [0.29, 0.717) is 11.0 Å². The van der Waals surface area contributed by atoms with Crippen LogP contribution in [0.2, 0.25) is 4.34 Å². The molecule has 1 N–H and O–H groups in total. The van der Waals surface area contributed by atoms with Crippen molar-refractivity contribution in [2.75, 3.05) is 5.32 Å². The summed E-state index contributed by atoms with van der Waals surface area (Å²) in [5.41, 5.74) is 0.889. The van der Waals surface area contributed by atoms with Gasteiger partial charge in [0, 0.05) is 11.3 Å². The molecule has 2 aliphatic rings. The van der Waals surface area contributed by atoms with Crippen molar-refractivity contribution in [2.24, 2.45) is 17.8 Å². The van der Waals surface area contributed by atoms with Crippen molar-refractivity contribution in [2.45, 2.75) is 25.7 Å². The van der Waals surface area contributed by atoms with Crippen LogP contribution < -0.4 is 5.32 Å². The molecule has 2 bridgehead atoms. The van der Waals surface area contributed by atoms with Crippen LogP contribution in [0.3, 0.4) is 0 Å². The van der Waals surface area contributed by atoms with Gasteiger partial charge >= 0.3 is 0 Å². The second-order valence-electron chi connectivity index (χ2n) is 5.91. The molecule has 2 aromatic heterocycles. The van der Waals surface area contributed by atoms with Crippen molar-refractivity contribution < 1.29 is 4.79 Å². The third kappa shape index (κ3) is 2.62. The van der Waals surface area contributed by atoms with Gasteiger partial charge in [0.1, 0.15) is 0 Å². The van der Waals surface area contributed by atoms with Crippen LogP contribution in [0.1, 0.15) is 25.7 Å². The summed E-state index contributed by atoms with van der Waals surface area (Å²) in [4.78, 5) is 17.9. The van der Waals surface area contributed by atoms with E-state index in [2.05, 4.69) is 10.3 Å². The topological polar surface area (TPSA) is 42.0 Å². The summed E-state index contributed by atoms with van der Waals surface area (Å²) in [6.07, 6.45) is 4.85. The number of thiophene rings is 1. The van der Waals surface area contributed by atoms with E-state index in [9.17, 15) is 4.79 Å². The van der Waals surface area contributed by atoms with E-state index < -0.39 is 0 Å². The van der Waals surface area contributed by atoms with Crippen LogP contribution in [0.4, 0.5) is 5.13 Å². The summed E-state index contributed by atoms with van der Waals surface area (Å²) in [5.74, 6) is 1.75. The maximum Gasteiger partial charge on any atom is 0.229 e. The molecule has 1 amide bonds. The fourth-order valence-electron chi connectivity index (χ4n) is 3.66. The average Bonchev–Trinajstić information content (AvgIpc) is 3.21. The van der Waals surface area contributed by atoms with Gasteiger partial charge in [0.25, 0.3) is 0 Å². The summed E-state index contributed by atoms with van der Waals surface area (Å²) < 4.78 is 0.755. The molecule has 2 fully saturated rings. The first-order chi connectivity index (χ1) is 10.2. The normalized spacial score (nSPS) is 27.2. The van der Waals surface area contributed by atoms with E-state index in [1.54, 1.807) is 0 Å². The summed E-state index contributed by atoms with van der Waals surface area (Å²) in [7, 11) is 0. The highest BCUT2D eigenvalue weighted by atomic mass is 35.5. The molecule has 6 heteroatoms. The van der Waals surface area contributed by atoms with E-state index in [1.165, 1.54) is 41.9 Å². The Bertz CT molecular complexity index is 681. The molecule has 2 aliphatic carbocycles. The molecule has 2 heterocycles. The van der Waals surface area contributed by atoms with E-state index in [1.807, 2.05) is 17.5 Å². The molecule has 0 aromatic carbocycles. The van der Waals surface area contributed by atoms with Gasteiger partial charge in [-0.2, -0.15) is 0 Å². The van der Waals surface area contributed by atoms with Crippen LogP contribution in [0.5, 0.6) is 0 Å². The number of aromatic nitrogens is 1. The zero-order chi connectivity index (χ0) is 14.4. The highest BCUT2D eigenvalue weighted by molar-refractivity contribution is 7.20. The molecule has 110 valence electrons. The van der Waals surface area contributed by atoms with Crippen LogP contribution in [0, 0.1) is 17.8 Å². The van der Waals surface area contributed by atoms with E-state index in [0.717, 1.165) is 27.2 Å². The molecular weight excluding hydrogens is 324 g/mol. The zero-order valence-electron chi connectivity index (χ0n) is 11.3. The molecule has 21 heavy (non-hydrogen) atoms. The number of anilines is 1. The SMILES string of the molecule is O=C(Nc1nc(-c2ccc(Cl)s2)cs1)C1CC2CCC1C2. The Morgan fingerprint density at radius 3 is 2.90 bits per heavy atom. The van der Waals surface area contributed by atoms with E-state index >= 15 is 0 Å². The first-order valence-electron chi connectivity index (χ1n) is 7.21. The molecular formula is C15H15ClN2OS2. The lowest BCUT2D eigenvalue weighted by Gasteiger charge is -2.19. The number of fused-ring (bicyclic) bond motifs is 2. The number of rotatable bonds is 3. The Morgan fingerprint density at radius 2 is 2.24 bits per heavy atom. The number of carbonyl (C=O) groups is 1. The van der Waals surface area contributed by atoms with Gasteiger partial charge < -0.3 is 5.32 Å². The van der Waals surface area contributed by atoms with Crippen LogP contribution in [-0.2, 0) is 4.79 Å². The summed E-state index contributed by atoms with van der Waals surface area (Å²) >= 11 is 8.93. The molecule has 3 nitrogen and oxygen atoms in total. The predicted octanol–water partition coefficient (Wildman–Crippen LogP) is 4.90. The Kier molecular flexibility index (Phi) is 3.52. The van der Waals surface area contributed by atoms with Gasteiger partial charge in [0.15, 0.2) is 5.13 Å². The van der Waals surface area contributed by atoms with Crippen molar-refractivity contribution in [1.29, 1.82) is 0 Å². The lowest BCUT2D eigenvalue weighted by molar-refractivity contribution is -0.121. The number of halogens is 1. The summed E-state index contributed by atoms with van der Waals surface area (Å²) in [6, 6.07) is 3.83. The molecule has 4 rings (SSSR count). The van der Waals surface area contributed by atoms with Crippen LogP contribution in [0.15, 0.2) is 17.5 Å².